The number of thiol groups is 2. The molecule has 0 aliphatic carbocycles. The lowest BCUT2D eigenvalue weighted by atomic mass is 10.1. The minimum absolute atomic E-state index is 0.0128. The Balaban J connectivity index is 3.03. The summed E-state index contributed by atoms with van der Waals surface area (Å²) in [4.78, 5) is 10.4. The maximum absolute atomic E-state index is 10.9. The fraction of sp³-hybridized carbons (Fsp3) is 0.400. The lowest BCUT2D eigenvalue weighted by molar-refractivity contribution is -0.385. The van der Waals surface area contributed by atoms with Gasteiger partial charge in [-0.15, -0.1) is 0 Å². The van der Waals surface area contributed by atoms with Crippen LogP contribution in [0, 0.1) is 10.1 Å². The first kappa shape index (κ1) is 14.0. The maximum Gasteiger partial charge on any atom is 0.272 e. The second-order valence-electron chi connectivity index (χ2n) is 3.54. The Morgan fingerprint density at radius 3 is 2.59 bits per heavy atom. The standard InChI is InChI=1S/C10H13NO4S2/c12-11(13)10-6-8(7-17(14)15)3-4-9(10)2-1-5-16/h3-4,6,16-17H,1-2,5,7H2. The van der Waals surface area contributed by atoms with Crippen LogP contribution >= 0.6 is 12.6 Å². The van der Waals surface area contributed by atoms with E-state index in [1.165, 1.54) is 6.07 Å². The molecule has 0 saturated carbocycles. The number of nitro groups is 1. The highest BCUT2D eigenvalue weighted by molar-refractivity contribution is 7.80. The Hall–Kier alpha value is -1.08. The first-order valence-corrected chi connectivity index (χ1v) is 7.03. The van der Waals surface area contributed by atoms with Crippen molar-refractivity contribution in [2.75, 3.05) is 5.75 Å². The average Bonchev–Trinajstić information content (AvgIpc) is 2.26. The first-order valence-electron chi connectivity index (χ1n) is 5.03. The van der Waals surface area contributed by atoms with Gasteiger partial charge in [0.2, 0.25) is 0 Å². The van der Waals surface area contributed by atoms with Crippen molar-refractivity contribution in [3.8, 4) is 0 Å². The highest BCUT2D eigenvalue weighted by Crippen LogP contribution is 2.22. The van der Waals surface area contributed by atoms with Crippen molar-refractivity contribution >= 4 is 29.0 Å². The van der Waals surface area contributed by atoms with Crippen molar-refractivity contribution in [2.24, 2.45) is 0 Å². The molecule has 0 amide bonds. The van der Waals surface area contributed by atoms with Gasteiger partial charge in [-0.3, -0.25) is 10.1 Å². The SMILES string of the molecule is O=[N+]([O-])c1cc(C[SH](=O)=O)ccc1CCCS. The Labute approximate surface area is 106 Å². The molecule has 7 heteroatoms. The fourth-order valence-electron chi connectivity index (χ4n) is 1.51. The lowest BCUT2D eigenvalue weighted by Crippen LogP contribution is -1.98. The molecule has 94 valence electrons. The molecular formula is C10H13NO4S2. The molecule has 1 aromatic rings. The summed E-state index contributed by atoms with van der Waals surface area (Å²) in [6, 6.07) is 4.57. The highest BCUT2D eigenvalue weighted by atomic mass is 32.2. The minimum Gasteiger partial charge on any atom is -0.258 e. The first-order chi connectivity index (χ1) is 8.04. The molecular weight excluding hydrogens is 262 g/mol. The Morgan fingerprint density at radius 2 is 2.06 bits per heavy atom. The maximum atomic E-state index is 10.9. The van der Waals surface area contributed by atoms with Crippen LogP contribution in [0.4, 0.5) is 5.69 Å². The van der Waals surface area contributed by atoms with Crippen molar-refractivity contribution in [3.05, 3.63) is 39.4 Å². The number of rotatable bonds is 6. The monoisotopic (exact) mass is 275 g/mol. The Morgan fingerprint density at radius 1 is 1.35 bits per heavy atom. The van der Waals surface area contributed by atoms with E-state index in [9.17, 15) is 18.5 Å². The molecule has 0 aromatic heterocycles. The molecule has 0 spiro atoms. The number of nitrogens with zero attached hydrogens (tertiary/aromatic N) is 1. The van der Waals surface area contributed by atoms with Crippen molar-refractivity contribution in [3.63, 3.8) is 0 Å². The summed E-state index contributed by atoms with van der Waals surface area (Å²) >= 11 is 4.05. The molecule has 5 nitrogen and oxygen atoms in total. The number of hydrogen-bond donors (Lipinski definition) is 2. The average molecular weight is 275 g/mol. The van der Waals surface area contributed by atoms with Crippen LogP contribution in [0.1, 0.15) is 17.5 Å². The minimum atomic E-state index is -2.56. The number of benzene rings is 1. The zero-order chi connectivity index (χ0) is 12.8. The van der Waals surface area contributed by atoms with Gasteiger partial charge >= 0.3 is 0 Å². The summed E-state index contributed by atoms with van der Waals surface area (Å²) in [5, 5.41) is 10.9. The van der Waals surface area contributed by atoms with Gasteiger partial charge in [-0.1, -0.05) is 12.1 Å². The molecule has 0 saturated heterocycles. The Kier molecular flexibility index (Phi) is 5.43. The molecule has 0 atom stereocenters. The van der Waals surface area contributed by atoms with E-state index in [1.807, 2.05) is 0 Å². The van der Waals surface area contributed by atoms with Crippen LogP contribution in [0.3, 0.4) is 0 Å². The van der Waals surface area contributed by atoms with Gasteiger partial charge in [-0.05, 0) is 24.2 Å². The largest absolute Gasteiger partial charge is 0.272 e. The zero-order valence-corrected chi connectivity index (χ0v) is 10.8. The van der Waals surface area contributed by atoms with Crippen LogP contribution in [-0.2, 0) is 22.9 Å². The molecule has 1 aromatic carbocycles. The molecule has 0 radical (unpaired) electrons. The van der Waals surface area contributed by atoms with Crippen molar-refractivity contribution in [1.82, 2.24) is 0 Å². The van der Waals surface area contributed by atoms with Crippen molar-refractivity contribution in [1.29, 1.82) is 0 Å². The van der Waals surface area contributed by atoms with E-state index in [4.69, 9.17) is 0 Å². The zero-order valence-electron chi connectivity index (χ0n) is 9.04. The van der Waals surface area contributed by atoms with Gasteiger partial charge < -0.3 is 0 Å². The number of nitro benzene ring substituents is 1. The quantitative estimate of drug-likeness (QED) is 0.469. The van der Waals surface area contributed by atoms with Crippen LogP contribution in [-0.4, -0.2) is 19.1 Å². The summed E-state index contributed by atoms with van der Waals surface area (Å²) in [5.74, 6) is 0.494. The summed E-state index contributed by atoms with van der Waals surface area (Å²) in [5.41, 5.74) is 1.05. The van der Waals surface area contributed by atoms with Gasteiger partial charge in [0, 0.05) is 11.6 Å². The highest BCUT2D eigenvalue weighted by Gasteiger charge is 2.14. The second-order valence-corrected chi connectivity index (χ2v) is 4.97. The predicted octanol–water partition coefficient (Wildman–Crippen LogP) is 1.57. The molecule has 0 aliphatic rings. The van der Waals surface area contributed by atoms with Gasteiger partial charge in [0.25, 0.3) is 5.69 Å². The third-order valence-electron chi connectivity index (χ3n) is 2.26. The molecule has 0 heterocycles. The molecule has 0 N–H and O–H groups in total. The van der Waals surface area contributed by atoms with E-state index in [0.29, 0.717) is 23.3 Å². The van der Waals surface area contributed by atoms with E-state index in [0.717, 1.165) is 6.42 Å². The summed E-state index contributed by atoms with van der Waals surface area (Å²) in [6.45, 7) is 0. The molecule has 0 fully saturated rings. The topological polar surface area (TPSA) is 77.3 Å². The van der Waals surface area contributed by atoms with Gasteiger partial charge in [0.1, 0.15) is 10.7 Å². The molecule has 0 aliphatic heterocycles. The fourth-order valence-corrected chi connectivity index (χ4v) is 2.16. The van der Waals surface area contributed by atoms with E-state index < -0.39 is 15.6 Å². The van der Waals surface area contributed by atoms with E-state index in [2.05, 4.69) is 12.6 Å². The van der Waals surface area contributed by atoms with Crippen LogP contribution < -0.4 is 0 Å². The third-order valence-corrected chi connectivity index (χ3v) is 3.20. The lowest BCUT2D eigenvalue weighted by Gasteiger charge is -2.03. The summed E-state index contributed by atoms with van der Waals surface area (Å²) in [7, 11) is -2.56. The van der Waals surface area contributed by atoms with Crippen LogP contribution in [0.25, 0.3) is 0 Å². The van der Waals surface area contributed by atoms with Crippen LogP contribution in [0.15, 0.2) is 18.2 Å². The van der Waals surface area contributed by atoms with E-state index >= 15 is 0 Å². The normalized spacial score (nSPS) is 10.7. The van der Waals surface area contributed by atoms with Gasteiger partial charge in [-0.2, -0.15) is 12.6 Å². The molecule has 1 rings (SSSR count). The smallest absolute Gasteiger partial charge is 0.258 e. The second kappa shape index (κ2) is 6.61. The molecule has 17 heavy (non-hydrogen) atoms. The van der Waals surface area contributed by atoms with Gasteiger partial charge in [-0.25, -0.2) is 8.42 Å². The predicted molar refractivity (Wildman–Crippen MR) is 69.3 cm³/mol. The number of hydrogen-bond acceptors (Lipinski definition) is 5. The van der Waals surface area contributed by atoms with Gasteiger partial charge in [0.15, 0.2) is 0 Å². The third kappa shape index (κ3) is 4.35. The van der Waals surface area contributed by atoms with Crippen molar-refractivity contribution < 1.29 is 13.3 Å². The molecule has 0 bridgehead atoms. The number of aryl methyl sites for hydroxylation is 1. The van der Waals surface area contributed by atoms with Crippen LogP contribution in [0.5, 0.6) is 0 Å². The molecule has 0 unspecified atom stereocenters. The van der Waals surface area contributed by atoms with Crippen molar-refractivity contribution in [2.45, 2.75) is 18.6 Å². The summed E-state index contributed by atoms with van der Waals surface area (Å²) in [6.07, 6.45) is 1.32. The van der Waals surface area contributed by atoms with E-state index in [1.54, 1.807) is 12.1 Å². The van der Waals surface area contributed by atoms with Gasteiger partial charge in [0.05, 0.1) is 10.7 Å². The van der Waals surface area contributed by atoms with E-state index in [-0.39, 0.29) is 11.4 Å². The van der Waals surface area contributed by atoms with Crippen LogP contribution in [0.2, 0.25) is 0 Å². The summed E-state index contributed by atoms with van der Waals surface area (Å²) < 4.78 is 21.1. The Bertz CT molecular complexity index is 477.